The number of hydrogen-bond donors (Lipinski definition) is 1. The molecule has 1 aromatic carbocycles. The number of nitrogens with zero attached hydrogens (tertiary/aromatic N) is 2. The first-order chi connectivity index (χ1) is 12.5. The molecule has 1 N–H and O–H groups in total. The SMILES string of the molecule is O=C(Cc1ccccc1F)N1[C@@H]2CC[C@@H]1CC(O)(c1cccnc1F)C2. The molecule has 136 valence electrons. The first-order valence-electron chi connectivity index (χ1n) is 8.86. The molecular formula is C20H20F2N2O2. The van der Waals surface area contributed by atoms with Crippen molar-refractivity contribution in [3.05, 3.63) is 65.5 Å². The number of hydrogen-bond acceptors (Lipinski definition) is 3. The van der Waals surface area contributed by atoms with E-state index in [0.717, 1.165) is 12.8 Å². The van der Waals surface area contributed by atoms with Crippen molar-refractivity contribution >= 4 is 5.91 Å². The third-order valence-electron chi connectivity index (χ3n) is 5.61. The predicted molar refractivity (Wildman–Crippen MR) is 91.1 cm³/mol. The monoisotopic (exact) mass is 358 g/mol. The molecule has 2 fully saturated rings. The third kappa shape index (κ3) is 2.88. The summed E-state index contributed by atoms with van der Waals surface area (Å²) in [4.78, 5) is 18.2. The van der Waals surface area contributed by atoms with Crippen LogP contribution in [-0.2, 0) is 16.8 Å². The summed E-state index contributed by atoms with van der Waals surface area (Å²) < 4.78 is 27.9. The fourth-order valence-corrected chi connectivity index (χ4v) is 4.48. The van der Waals surface area contributed by atoms with Crippen LogP contribution in [0.5, 0.6) is 0 Å². The van der Waals surface area contributed by atoms with Crippen LogP contribution < -0.4 is 0 Å². The highest BCUT2D eigenvalue weighted by molar-refractivity contribution is 5.80. The number of amides is 1. The number of carbonyl (C=O) groups is 1. The van der Waals surface area contributed by atoms with Crippen molar-refractivity contribution in [3.8, 4) is 0 Å². The molecule has 0 spiro atoms. The van der Waals surface area contributed by atoms with E-state index >= 15 is 0 Å². The van der Waals surface area contributed by atoms with Crippen LogP contribution >= 0.6 is 0 Å². The third-order valence-corrected chi connectivity index (χ3v) is 5.61. The van der Waals surface area contributed by atoms with Gasteiger partial charge >= 0.3 is 0 Å². The lowest BCUT2D eigenvalue weighted by Gasteiger charge is -2.44. The van der Waals surface area contributed by atoms with Crippen LogP contribution in [0.15, 0.2) is 42.6 Å². The number of halogens is 2. The Balaban J connectivity index is 1.55. The minimum absolute atomic E-state index is 0.000639. The second-order valence-corrected chi connectivity index (χ2v) is 7.24. The lowest BCUT2D eigenvalue weighted by Crippen LogP contribution is -2.52. The smallest absolute Gasteiger partial charge is 0.227 e. The van der Waals surface area contributed by atoms with Gasteiger partial charge in [-0.1, -0.05) is 24.3 Å². The second-order valence-electron chi connectivity index (χ2n) is 7.24. The van der Waals surface area contributed by atoms with Gasteiger partial charge in [0.25, 0.3) is 0 Å². The van der Waals surface area contributed by atoms with E-state index in [1.165, 1.54) is 12.3 Å². The summed E-state index contributed by atoms with van der Waals surface area (Å²) in [5.41, 5.74) is -0.756. The molecule has 4 nitrogen and oxygen atoms in total. The molecule has 1 aromatic heterocycles. The largest absolute Gasteiger partial charge is 0.385 e. The maximum Gasteiger partial charge on any atom is 0.227 e. The Morgan fingerprint density at radius 2 is 1.85 bits per heavy atom. The van der Waals surface area contributed by atoms with Crippen molar-refractivity contribution < 1.29 is 18.7 Å². The summed E-state index contributed by atoms with van der Waals surface area (Å²) in [6.07, 6.45) is 3.42. The zero-order valence-electron chi connectivity index (χ0n) is 14.2. The lowest BCUT2D eigenvalue weighted by atomic mass is 9.80. The van der Waals surface area contributed by atoms with Gasteiger partial charge in [-0.3, -0.25) is 4.79 Å². The first kappa shape index (κ1) is 17.1. The summed E-state index contributed by atoms with van der Waals surface area (Å²) >= 11 is 0. The highest BCUT2D eigenvalue weighted by atomic mass is 19.1. The molecule has 0 saturated carbocycles. The molecule has 0 unspecified atom stereocenters. The summed E-state index contributed by atoms with van der Waals surface area (Å²) in [5.74, 6) is -1.20. The van der Waals surface area contributed by atoms with E-state index in [1.807, 2.05) is 0 Å². The highest BCUT2D eigenvalue weighted by Gasteiger charge is 2.50. The van der Waals surface area contributed by atoms with Crippen molar-refractivity contribution in [2.75, 3.05) is 0 Å². The van der Waals surface area contributed by atoms with E-state index in [2.05, 4.69) is 4.98 Å². The minimum Gasteiger partial charge on any atom is -0.385 e. The average molecular weight is 358 g/mol. The van der Waals surface area contributed by atoms with Gasteiger partial charge in [-0.05, 0) is 30.5 Å². The van der Waals surface area contributed by atoms with Gasteiger partial charge in [0.15, 0.2) is 0 Å². The number of rotatable bonds is 3. The Morgan fingerprint density at radius 3 is 2.50 bits per heavy atom. The number of benzene rings is 1. The Bertz CT molecular complexity index is 828. The van der Waals surface area contributed by atoms with E-state index in [0.29, 0.717) is 5.56 Å². The number of pyridine rings is 1. The number of fused-ring (bicyclic) bond motifs is 2. The van der Waals surface area contributed by atoms with E-state index in [-0.39, 0.29) is 48.6 Å². The summed E-state index contributed by atoms with van der Waals surface area (Å²) in [6, 6.07) is 9.08. The summed E-state index contributed by atoms with van der Waals surface area (Å²) in [6.45, 7) is 0. The number of aromatic nitrogens is 1. The predicted octanol–water partition coefficient (Wildman–Crippen LogP) is 2.94. The van der Waals surface area contributed by atoms with Gasteiger partial charge in [0, 0.05) is 36.7 Å². The van der Waals surface area contributed by atoms with Gasteiger partial charge in [-0.25, -0.2) is 9.37 Å². The number of piperidine rings is 1. The van der Waals surface area contributed by atoms with Crippen molar-refractivity contribution in [1.29, 1.82) is 0 Å². The van der Waals surface area contributed by atoms with Crippen LogP contribution in [0.2, 0.25) is 0 Å². The minimum atomic E-state index is -1.32. The van der Waals surface area contributed by atoms with Crippen LogP contribution in [-0.4, -0.2) is 33.0 Å². The Morgan fingerprint density at radius 1 is 1.15 bits per heavy atom. The first-order valence-corrected chi connectivity index (χ1v) is 8.86. The molecule has 0 aliphatic carbocycles. The molecule has 0 radical (unpaired) electrons. The molecule has 2 saturated heterocycles. The molecule has 26 heavy (non-hydrogen) atoms. The van der Waals surface area contributed by atoms with Gasteiger partial charge in [0.2, 0.25) is 11.9 Å². The Labute approximate surface area is 150 Å². The van der Waals surface area contributed by atoms with Crippen LogP contribution in [0.25, 0.3) is 0 Å². The molecule has 2 bridgehead atoms. The zero-order chi connectivity index (χ0) is 18.3. The normalized spacial score (nSPS) is 27.6. The van der Waals surface area contributed by atoms with Crippen molar-refractivity contribution in [3.63, 3.8) is 0 Å². The van der Waals surface area contributed by atoms with Crippen molar-refractivity contribution in [2.45, 2.75) is 49.8 Å². The fraction of sp³-hybridized carbons (Fsp3) is 0.400. The Kier molecular flexibility index (Phi) is 4.23. The second kappa shape index (κ2) is 6.43. The van der Waals surface area contributed by atoms with Gasteiger partial charge in [-0.2, -0.15) is 4.39 Å². The van der Waals surface area contributed by atoms with Crippen LogP contribution in [0.3, 0.4) is 0 Å². The quantitative estimate of drug-likeness (QED) is 0.859. The molecule has 4 rings (SSSR count). The van der Waals surface area contributed by atoms with Gasteiger partial charge in [0.1, 0.15) is 5.82 Å². The average Bonchev–Trinajstić information content (AvgIpc) is 2.90. The molecule has 2 atom stereocenters. The van der Waals surface area contributed by atoms with Crippen LogP contribution in [0.1, 0.15) is 36.8 Å². The lowest BCUT2D eigenvalue weighted by molar-refractivity contribution is -0.141. The molecular weight excluding hydrogens is 338 g/mol. The van der Waals surface area contributed by atoms with Gasteiger partial charge in [-0.15, -0.1) is 0 Å². The summed E-state index contributed by atoms with van der Waals surface area (Å²) in [7, 11) is 0. The van der Waals surface area contributed by atoms with Crippen molar-refractivity contribution in [1.82, 2.24) is 9.88 Å². The van der Waals surface area contributed by atoms with Crippen LogP contribution in [0, 0.1) is 11.8 Å². The van der Waals surface area contributed by atoms with E-state index in [1.54, 1.807) is 35.2 Å². The zero-order valence-corrected chi connectivity index (χ0v) is 14.2. The van der Waals surface area contributed by atoms with Gasteiger partial charge < -0.3 is 10.0 Å². The standard InChI is InChI=1S/C20H20F2N2O2/c21-17-6-2-1-4-13(17)10-18(25)24-14-7-8-15(24)12-20(26,11-14)16-5-3-9-23-19(16)22/h1-6,9,14-15,26H,7-8,10-12H2/t14-,15-/m1/s1. The van der Waals surface area contributed by atoms with Crippen molar-refractivity contribution in [2.24, 2.45) is 0 Å². The molecule has 1 amide bonds. The molecule has 2 aromatic rings. The van der Waals surface area contributed by atoms with Gasteiger partial charge in [0.05, 0.1) is 12.0 Å². The van der Waals surface area contributed by atoms with Crippen LogP contribution in [0.4, 0.5) is 8.78 Å². The van der Waals surface area contributed by atoms with E-state index in [4.69, 9.17) is 0 Å². The fourth-order valence-electron chi connectivity index (χ4n) is 4.48. The number of carbonyl (C=O) groups excluding carboxylic acids is 1. The summed E-state index contributed by atoms with van der Waals surface area (Å²) in [5, 5.41) is 11.1. The topological polar surface area (TPSA) is 53.4 Å². The maximum absolute atomic E-state index is 14.1. The van der Waals surface area contributed by atoms with E-state index in [9.17, 15) is 18.7 Å². The maximum atomic E-state index is 14.1. The Hall–Kier alpha value is -2.34. The number of aliphatic hydroxyl groups is 1. The van der Waals surface area contributed by atoms with E-state index < -0.39 is 11.5 Å². The molecule has 3 heterocycles. The molecule has 2 aliphatic heterocycles. The molecule has 2 aliphatic rings. The molecule has 6 heteroatoms. The highest BCUT2D eigenvalue weighted by Crippen LogP contribution is 2.46.